The summed E-state index contributed by atoms with van der Waals surface area (Å²) in [5.74, 6) is 0.0853. The highest BCUT2D eigenvalue weighted by molar-refractivity contribution is 5.95. The van der Waals surface area contributed by atoms with Crippen LogP contribution in [0.2, 0.25) is 0 Å². The van der Waals surface area contributed by atoms with Crippen molar-refractivity contribution in [2.75, 3.05) is 13.7 Å². The van der Waals surface area contributed by atoms with Crippen LogP contribution < -0.4 is 20.1 Å². The zero-order valence-electron chi connectivity index (χ0n) is 12.8. The van der Waals surface area contributed by atoms with E-state index in [4.69, 9.17) is 14.7 Å². The third-order valence-corrected chi connectivity index (χ3v) is 2.89. The van der Waals surface area contributed by atoms with Gasteiger partial charge in [-0.25, -0.2) is 4.79 Å². The molecule has 0 aliphatic heterocycles. The number of urea groups is 1. The van der Waals surface area contributed by atoms with Gasteiger partial charge in [0, 0.05) is 12.1 Å². The lowest BCUT2D eigenvalue weighted by molar-refractivity contribution is -0.122. The highest BCUT2D eigenvalue weighted by Gasteiger charge is 2.12. The number of methoxy groups -OCH3 is 1. The van der Waals surface area contributed by atoms with Crippen LogP contribution in [0.1, 0.15) is 25.8 Å². The second-order valence-corrected chi connectivity index (χ2v) is 4.60. The van der Waals surface area contributed by atoms with Crippen molar-refractivity contribution in [1.29, 1.82) is 5.26 Å². The molecule has 0 bridgehead atoms. The molecule has 0 fully saturated rings. The second-order valence-electron chi connectivity index (χ2n) is 4.60. The van der Waals surface area contributed by atoms with Gasteiger partial charge in [0.1, 0.15) is 0 Å². The lowest BCUT2D eigenvalue weighted by atomic mass is 10.2. The van der Waals surface area contributed by atoms with Crippen LogP contribution in [-0.2, 0) is 4.79 Å². The zero-order valence-corrected chi connectivity index (χ0v) is 12.8. The van der Waals surface area contributed by atoms with Crippen LogP contribution in [0.15, 0.2) is 18.2 Å². The Hall–Kier alpha value is -2.75. The summed E-state index contributed by atoms with van der Waals surface area (Å²) in [6.45, 7) is 3.42. The van der Waals surface area contributed by atoms with Gasteiger partial charge in [-0.2, -0.15) is 5.26 Å². The minimum absolute atomic E-state index is 0.0210. The first-order valence-electron chi connectivity index (χ1n) is 6.81. The molecule has 1 aromatic rings. The molecule has 7 heteroatoms. The molecule has 0 radical (unpaired) electrons. The molecule has 1 rings (SSSR count). The van der Waals surface area contributed by atoms with E-state index < -0.39 is 11.9 Å². The molecule has 1 atom stereocenters. The van der Waals surface area contributed by atoms with Crippen LogP contribution in [0.25, 0.3) is 0 Å². The van der Waals surface area contributed by atoms with Gasteiger partial charge in [-0.05, 0) is 25.5 Å². The molecule has 0 heterocycles. The second kappa shape index (κ2) is 8.52. The molecule has 0 saturated heterocycles. The van der Waals surface area contributed by atoms with Crippen LogP contribution in [0.4, 0.5) is 4.79 Å². The largest absolute Gasteiger partial charge is 0.493 e. The molecule has 3 amide bonds. The molecule has 0 aliphatic rings. The first-order chi connectivity index (χ1) is 10.5. The molecule has 2 N–H and O–H groups in total. The zero-order chi connectivity index (χ0) is 16.5. The lowest BCUT2D eigenvalue weighted by Crippen LogP contribution is -2.44. The number of nitrogens with one attached hydrogen (secondary N) is 2. The summed E-state index contributed by atoms with van der Waals surface area (Å²) in [5, 5.41) is 13.6. The Morgan fingerprint density at radius 1 is 1.36 bits per heavy atom. The van der Waals surface area contributed by atoms with Gasteiger partial charge in [0.25, 0.3) is 5.91 Å². The summed E-state index contributed by atoms with van der Waals surface area (Å²) >= 11 is 0. The van der Waals surface area contributed by atoms with E-state index in [-0.39, 0.29) is 12.6 Å². The van der Waals surface area contributed by atoms with Gasteiger partial charge in [-0.15, -0.1) is 0 Å². The molecule has 1 aromatic carbocycles. The number of benzene rings is 1. The predicted octanol–water partition coefficient (Wildman–Crippen LogP) is 1.57. The highest BCUT2D eigenvalue weighted by atomic mass is 16.5. The van der Waals surface area contributed by atoms with Crippen LogP contribution in [0.5, 0.6) is 11.5 Å². The fourth-order valence-corrected chi connectivity index (χ4v) is 1.52. The highest BCUT2D eigenvalue weighted by Crippen LogP contribution is 2.27. The number of nitrogens with zero attached hydrogens (tertiary/aromatic N) is 1. The molecule has 0 aromatic heterocycles. The Morgan fingerprint density at radius 3 is 2.68 bits per heavy atom. The molecule has 118 valence electrons. The minimum Gasteiger partial charge on any atom is -0.493 e. The number of rotatable bonds is 6. The maximum atomic E-state index is 11.6. The number of ether oxygens (including phenoxy) is 2. The Morgan fingerprint density at radius 2 is 2.09 bits per heavy atom. The minimum atomic E-state index is -0.577. The maximum Gasteiger partial charge on any atom is 0.321 e. The summed E-state index contributed by atoms with van der Waals surface area (Å²) in [6.07, 6.45) is 0.764. The molecule has 22 heavy (non-hydrogen) atoms. The van der Waals surface area contributed by atoms with Crippen molar-refractivity contribution in [3.63, 3.8) is 0 Å². The number of carbonyl (C=O) groups is 2. The van der Waals surface area contributed by atoms with Crippen molar-refractivity contribution in [1.82, 2.24) is 10.6 Å². The van der Waals surface area contributed by atoms with Crippen LogP contribution in [-0.4, -0.2) is 31.7 Å². The number of hydrogen-bond acceptors (Lipinski definition) is 5. The lowest BCUT2D eigenvalue weighted by Gasteiger charge is -2.13. The maximum absolute atomic E-state index is 11.6. The molecule has 0 saturated carbocycles. The van der Waals surface area contributed by atoms with E-state index in [9.17, 15) is 9.59 Å². The molecule has 7 nitrogen and oxygen atoms in total. The van der Waals surface area contributed by atoms with E-state index in [2.05, 4.69) is 10.6 Å². The van der Waals surface area contributed by atoms with Gasteiger partial charge < -0.3 is 14.8 Å². The van der Waals surface area contributed by atoms with E-state index in [1.54, 1.807) is 6.07 Å². The van der Waals surface area contributed by atoms with Crippen molar-refractivity contribution < 1.29 is 19.1 Å². The van der Waals surface area contributed by atoms with Crippen molar-refractivity contribution in [2.45, 2.75) is 26.3 Å². The van der Waals surface area contributed by atoms with Gasteiger partial charge in [0.05, 0.1) is 18.7 Å². The summed E-state index contributed by atoms with van der Waals surface area (Å²) in [4.78, 5) is 23.1. The number of amides is 3. The monoisotopic (exact) mass is 305 g/mol. The van der Waals surface area contributed by atoms with E-state index in [0.717, 1.165) is 6.42 Å². The topological polar surface area (TPSA) is 100 Å². The van der Waals surface area contributed by atoms with Gasteiger partial charge in [-0.3, -0.25) is 10.1 Å². The van der Waals surface area contributed by atoms with Crippen molar-refractivity contribution in [3.05, 3.63) is 23.8 Å². The number of imide groups is 1. The van der Waals surface area contributed by atoms with Crippen LogP contribution >= 0.6 is 0 Å². The first kappa shape index (κ1) is 17.3. The van der Waals surface area contributed by atoms with Crippen molar-refractivity contribution in [2.24, 2.45) is 0 Å². The normalized spacial score (nSPS) is 11.0. The summed E-state index contributed by atoms with van der Waals surface area (Å²) in [5.41, 5.74) is 0.418. The van der Waals surface area contributed by atoms with Gasteiger partial charge in [-0.1, -0.05) is 6.92 Å². The third kappa shape index (κ3) is 5.32. The average molecular weight is 305 g/mol. The molecule has 0 aliphatic carbocycles. The van der Waals surface area contributed by atoms with Gasteiger partial charge >= 0.3 is 6.03 Å². The Labute approximate surface area is 129 Å². The Kier molecular flexibility index (Phi) is 6.70. The Bertz CT molecular complexity index is 581. The number of nitriles is 1. The van der Waals surface area contributed by atoms with E-state index in [1.165, 1.54) is 19.2 Å². The van der Waals surface area contributed by atoms with Gasteiger partial charge in [0.15, 0.2) is 18.1 Å². The quantitative estimate of drug-likeness (QED) is 0.831. The fraction of sp³-hybridized carbons (Fsp3) is 0.400. The van der Waals surface area contributed by atoms with E-state index in [1.807, 2.05) is 19.9 Å². The smallest absolute Gasteiger partial charge is 0.321 e. The third-order valence-electron chi connectivity index (χ3n) is 2.89. The van der Waals surface area contributed by atoms with E-state index in [0.29, 0.717) is 17.1 Å². The Balaban J connectivity index is 2.54. The summed E-state index contributed by atoms with van der Waals surface area (Å²) in [6, 6.07) is 5.98. The summed E-state index contributed by atoms with van der Waals surface area (Å²) < 4.78 is 10.4. The fourth-order valence-electron chi connectivity index (χ4n) is 1.52. The molecule has 0 unspecified atom stereocenters. The van der Waals surface area contributed by atoms with E-state index >= 15 is 0 Å². The number of carbonyl (C=O) groups excluding carboxylic acids is 2. The predicted molar refractivity (Wildman–Crippen MR) is 79.6 cm³/mol. The van der Waals surface area contributed by atoms with Crippen molar-refractivity contribution >= 4 is 11.9 Å². The first-order valence-corrected chi connectivity index (χ1v) is 6.81. The molecule has 0 spiro atoms. The van der Waals surface area contributed by atoms with Crippen molar-refractivity contribution in [3.8, 4) is 17.6 Å². The SMILES string of the molecule is CC[C@H](C)NC(=O)NC(=O)COc1ccc(C#N)cc1OC. The van der Waals surface area contributed by atoms with Crippen LogP contribution in [0, 0.1) is 11.3 Å². The number of hydrogen-bond donors (Lipinski definition) is 2. The van der Waals surface area contributed by atoms with Crippen LogP contribution in [0.3, 0.4) is 0 Å². The van der Waals surface area contributed by atoms with Gasteiger partial charge in [0.2, 0.25) is 0 Å². The average Bonchev–Trinajstić information content (AvgIpc) is 2.52. The standard InChI is InChI=1S/C15H19N3O4/c1-4-10(2)17-15(20)18-14(19)9-22-12-6-5-11(8-16)7-13(12)21-3/h5-7,10H,4,9H2,1-3H3,(H2,17,18,19,20)/t10-/m0/s1. The summed E-state index contributed by atoms with van der Waals surface area (Å²) in [7, 11) is 1.43. The molecular weight excluding hydrogens is 286 g/mol. The molecular formula is C15H19N3O4.